The van der Waals surface area contributed by atoms with Crippen molar-refractivity contribution in [3.63, 3.8) is 0 Å². The number of amides is 1. The second-order valence-electron chi connectivity index (χ2n) is 4.82. The highest BCUT2D eigenvalue weighted by Crippen LogP contribution is 2.26. The van der Waals surface area contributed by atoms with Crippen molar-refractivity contribution >= 4 is 22.6 Å². The molecule has 0 fully saturated rings. The smallest absolute Gasteiger partial charge is 0.229 e. The molecule has 0 aromatic carbocycles. The maximum Gasteiger partial charge on any atom is 0.229 e. The van der Waals surface area contributed by atoms with Crippen LogP contribution in [0.2, 0.25) is 0 Å². The van der Waals surface area contributed by atoms with Gasteiger partial charge in [0.15, 0.2) is 0 Å². The first-order valence-electron chi connectivity index (χ1n) is 6.24. The number of hydrogen-bond donors (Lipinski definition) is 1. The van der Waals surface area contributed by atoms with Crippen molar-refractivity contribution in [1.29, 1.82) is 0 Å². The lowest BCUT2D eigenvalue weighted by atomic mass is 9.87. The Hall–Kier alpha value is -1.76. The highest BCUT2D eigenvalue weighted by atomic mass is 32.1. The number of nitrogens with one attached hydrogen (secondary N) is 1. The first-order chi connectivity index (χ1) is 9.13. The molecule has 0 saturated heterocycles. The molecule has 7 heteroatoms. The van der Waals surface area contributed by atoms with E-state index in [1.807, 2.05) is 24.9 Å². The Kier molecular flexibility index (Phi) is 3.06. The van der Waals surface area contributed by atoms with Crippen molar-refractivity contribution < 1.29 is 4.79 Å². The van der Waals surface area contributed by atoms with E-state index in [4.69, 9.17) is 0 Å². The van der Waals surface area contributed by atoms with Crippen LogP contribution in [0.1, 0.15) is 23.5 Å². The van der Waals surface area contributed by atoms with Gasteiger partial charge in [-0.05, 0) is 25.3 Å². The molecule has 1 aliphatic rings. The standard InChI is InChI=1S/C12H15N5OS/c1-7-14-12(19-16-7)15-11(18)8-3-4-9-6-13-17(2)10(9)5-8/h6,8H,3-5H2,1-2H3,(H,14,15,16,18)/t8-/m0/s1. The Bertz CT molecular complexity index is 617. The fraction of sp³-hybridized carbons (Fsp3) is 0.500. The molecule has 2 aromatic heterocycles. The summed E-state index contributed by atoms with van der Waals surface area (Å²) in [4.78, 5) is 16.4. The molecule has 1 N–H and O–H groups in total. The minimum atomic E-state index is -0.00731. The summed E-state index contributed by atoms with van der Waals surface area (Å²) in [5.74, 6) is 0.716. The number of carbonyl (C=O) groups is 1. The molecule has 0 unspecified atom stereocenters. The van der Waals surface area contributed by atoms with Crippen LogP contribution in [0.3, 0.4) is 0 Å². The number of carbonyl (C=O) groups excluding carboxylic acids is 1. The number of rotatable bonds is 2. The highest BCUT2D eigenvalue weighted by molar-refractivity contribution is 7.09. The maximum atomic E-state index is 12.2. The third kappa shape index (κ3) is 2.37. The van der Waals surface area contributed by atoms with Gasteiger partial charge >= 0.3 is 0 Å². The van der Waals surface area contributed by atoms with Gasteiger partial charge in [0, 0.05) is 36.6 Å². The monoisotopic (exact) mass is 277 g/mol. The second-order valence-corrected chi connectivity index (χ2v) is 5.57. The molecule has 0 aliphatic heterocycles. The van der Waals surface area contributed by atoms with E-state index in [1.165, 1.54) is 22.8 Å². The first-order valence-corrected chi connectivity index (χ1v) is 7.02. The minimum absolute atomic E-state index is 0.00731. The van der Waals surface area contributed by atoms with Gasteiger partial charge < -0.3 is 5.32 Å². The van der Waals surface area contributed by atoms with Gasteiger partial charge in [-0.3, -0.25) is 9.48 Å². The van der Waals surface area contributed by atoms with Gasteiger partial charge in [0.25, 0.3) is 0 Å². The largest absolute Gasteiger partial charge is 0.300 e. The summed E-state index contributed by atoms with van der Waals surface area (Å²) in [5, 5.41) is 7.68. The number of aromatic nitrogens is 4. The number of nitrogens with zero attached hydrogens (tertiary/aromatic N) is 4. The summed E-state index contributed by atoms with van der Waals surface area (Å²) in [6.45, 7) is 1.81. The highest BCUT2D eigenvalue weighted by Gasteiger charge is 2.27. The van der Waals surface area contributed by atoms with Crippen LogP contribution in [0.5, 0.6) is 0 Å². The van der Waals surface area contributed by atoms with E-state index in [9.17, 15) is 4.79 Å². The lowest BCUT2D eigenvalue weighted by Gasteiger charge is -2.21. The summed E-state index contributed by atoms with van der Waals surface area (Å²) in [5.41, 5.74) is 2.43. The van der Waals surface area contributed by atoms with Crippen molar-refractivity contribution in [3.8, 4) is 0 Å². The molecule has 1 amide bonds. The quantitative estimate of drug-likeness (QED) is 0.898. The van der Waals surface area contributed by atoms with E-state index < -0.39 is 0 Å². The molecule has 6 nitrogen and oxygen atoms in total. The summed E-state index contributed by atoms with van der Waals surface area (Å²) < 4.78 is 5.92. The lowest BCUT2D eigenvalue weighted by Crippen LogP contribution is -2.28. The minimum Gasteiger partial charge on any atom is -0.300 e. The molecule has 3 rings (SSSR count). The molecule has 0 bridgehead atoms. The van der Waals surface area contributed by atoms with Crippen LogP contribution in [0.15, 0.2) is 6.20 Å². The molecule has 1 aliphatic carbocycles. The zero-order valence-corrected chi connectivity index (χ0v) is 11.7. The average molecular weight is 277 g/mol. The topological polar surface area (TPSA) is 72.7 Å². The Morgan fingerprint density at radius 2 is 2.42 bits per heavy atom. The number of aryl methyl sites for hydroxylation is 3. The molecule has 0 spiro atoms. The molecule has 2 aromatic rings. The van der Waals surface area contributed by atoms with Crippen molar-refractivity contribution in [2.24, 2.45) is 13.0 Å². The Morgan fingerprint density at radius 3 is 3.16 bits per heavy atom. The molecule has 0 saturated carbocycles. The van der Waals surface area contributed by atoms with Crippen molar-refractivity contribution in [3.05, 3.63) is 23.3 Å². The zero-order valence-electron chi connectivity index (χ0n) is 10.9. The van der Waals surface area contributed by atoms with E-state index in [0.717, 1.165) is 19.3 Å². The van der Waals surface area contributed by atoms with Crippen LogP contribution in [0, 0.1) is 12.8 Å². The third-order valence-corrected chi connectivity index (χ3v) is 4.20. The fourth-order valence-electron chi connectivity index (χ4n) is 2.42. The predicted octanol–water partition coefficient (Wildman–Crippen LogP) is 1.32. The van der Waals surface area contributed by atoms with Gasteiger partial charge in [-0.15, -0.1) is 0 Å². The van der Waals surface area contributed by atoms with Crippen molar-refractivity contribution in [1.82, 2.24) is 19.1 Å². The van der Waals surface area contributed by atoms with Gasteiger partial charge in [-0.2, -0.15) is 9.47 Å². The van der Waals surface area contributed by atoms with Crippen LogP contribution in [0.25, 0.3) is 0 Å². The van der Waals surface area contributed by atoms with Gasteiger partial charge in [0.05, 0.1) is 6.20 Å². The van der Waals surface area contributed by atoms with E-state index in [2.05, 4.69) is 19.8 Å². The summed E-state index contributed by atoms with van der Waals surface area (Å²) in [7, 11) is 1.92. The maximum absolute atomic E-state index is 12.2. The van der Waals surface area contributed by atoms with Gasteiger partial charge in [0.1, 0.15) is 5.82 Å². The first kappa shape index (κ1) is 12.3. The molecule has 0 radical (unpaired) electrons. The van der Waals surface area contributed by atoms with Crippen LogP contribution < -0.4 is 5.32 Å². The van der Waals surface area contributed by atoms with Gasteiger partial charge in [0.2, 0.25) is 11.0 Å². The third-order valence-electron chi connectivity index (χ3n) is 3.48. The number of anilines is 1. The average Bonchev–Trinajstić information content (AvgIpc) is 2.96. The Labute approximate surface area is 115 Å². The molecular weight excluding hydrogens is 262 g/mol. The lowest BCUT2D eigenvalue weighted by molar-refractivity contribution is -0.120. The van der Waals surface area contributed by atoms with Crippen LogP contribution >= 0.6 is 11.5 Å². The number of hydrogen-bond acceptors (Lipinski definition) is 5. The SMILES string of the molecule is Cc1nsc(NC(=O)[C@H]2CCc3cnn(C)c3C2)n1. The summed E-state index contributed by atoms with van der Waals surface area (Å²) >= 11 is 1.22. The Balaban J connectivity index is 1.70. The van der Waals surface area contributed by atoms with Crippen LogP contribution in [-0.2, 0) is 24.7 Å². The van der Waals surface area contributed by atoms with Gasteiger partial charge in [-0.25, -0.2) is 4.98 Å². The zero-order chi connectivity index (χ0) is 13.4. The van der Waals surface area contributed by atoms with Crippen LogP contribution in [0.4, 0.5) is 5.13 Å². The van der Waals surface area contributed by atoms with Crippen molar-refractivity contribution in [2.45, 2.75) is 26.2 Å². The normalized spacial score (nSPS) is 18.1. The molecular formula is C12H15N5OS. The van der Waals surface area contributed by atoms with Gasteiger partial charge in [-0.1, -0.05) is 0 Å². The van der Waals surface area contributed by atoms with E-state index >= 15 is 0 Å². The molecule has 2 heterocycles. The Morgan fingerprint density at radius 1 is 1.58 bits per heavy atom. The summed E-state index contributed by atoms with van der Waals surface area (Å²) in [6.07, 6.45) is 4.42. The van der Waals surface area contributed by atoms with E-state index in [1.54, 1.807) is 0 Å². The van der Waals surface area contributed by atoms with E-state index in [-0.39, 0.29) is 11.8 Å². The molecule has 19 heavy (non-hydrogen) atoms. The van der Waals surface area contributed by atoms with Crippen LogP contribution in [-0.4, -0.2) is 25.0 Å². The van der Waals surface area contributed by atoms with E-state index in [0.29, 0.717) is 11.0 Å². The predicted molar refractivity (Wildman–Crippen MR) is 72.0 cm³/mol. The van der Waals surface area contributed by atoms with Crippen molar-refractivity contribution in [2.75, 3.05) is 5.32 Å². The molecule has 100 valence electrons. The number of fused-ring (bicyclic) bond motifs is 1. The fourth-order valence-corrected chi connectivity index (χ4v) is 3.00. The molecule has 1 atom stereocenters. The summed E-state index contributed by atoms with van der Waals surface area (Å²) in [6, 6.07) is 0. The second kappa shape index (κ2) is 4.73.